The van der Waals surface area contributed by atoms with Crippen molar-refractivity contribution in [2.75, 3.05) is 13.2 Å². The van der Waals surface area contributed by atoms with Gasteiger partial charge in [-0.25, -0.2) is 0 Å². The summed E-state index contributed by atoms with van der Waals surface area (Å²) in [5, 5.41) is 0. The molecular weight excluding hydrogens is 240 g/mol. The van der Waals surface area contributed by atoms with E-state index in [1.807, 2.05) is 12.1 Å². The molecule has 0 bridgehead atoms. The van der Waals surface area contributed by atoms with Gasteiger partial charge in [0, 0.05) is 6.07 Å². The number of ether oxygens (including phenoxy) is 2. The number of rotatable bonds is 7. The van der Waals surface area contributed by atoms with Gasteiger partial charge in [-0.3, -0.25) is 4.79 Å². The standard InChI is InChI=1S/C16H22O3/c1-3-5-6-12(4-2)10-18-13-7-8-14-15(17)11-19-16(14)9-13/h7-9,12H,3-6,10-11H2,1-2H3. The molecule has 1 atom stereocenters. The lowest BCUT2D eigenvalue weighted by atomic mass is 10.0. The molecule has 3 nitrogen and oxygen atoms in total. The SMILES string of the molecule is CCCCC(CC)COc1ccc2c(c1)OCC2=O. The number of ketones is 1. The summed E-state index contributed by atoms with van der Waals surface area (Å²) in [6.45, 7) is 5.31. The van der Waals surface area contributed by atoms with Gasteiger partial charge in [-0.2, -0.15) is 0 Å². The third kappa shape index (κ3) is 3.49. The maximum Gasteiger partial charge on any atom is 0.203 e. The second-order valence-electron chi connectivity index (χ2n) is 5.10. The summed E-state index contributed by atoms with van der Waals surface area (Å²) >= 11 is 0. The molecule has 1 aromatic carbocycles. The Bertz CT molecular complexity index is 440. The summed E-state index contributed by atoms with van der Waals surface area (Å²) in [5.41, 5.74) is 0.672. The van der Waals surface area contributed by atoms with Gasteiger partial charge in [-0.1, -0.05) is 33.1 Å². The minimum atomic E-state index is 0.0518. The van der Waals surface area contributed by atoms with E-state index >= 15 is 0 Å². The molecule has 1 unspecified atom stereocenters. The quantitative estimate of drug-likeness (QED) is 0.748. The van der Waals surface area contributed by atoms with E-state index in [9.17, 15) is 4.79 Å². The maximum absolute atomic E-state index is 11.4. The molecule has 19 heavy (non-hydrogen) atoms. The summed E-state index contributed by atoms with van der Waals surface area (Å²) in [6.07, 6.45) is 4.84. The average Bonchev–Trinajstić information content (AvgIpc) is 2.80. The van der Waals surface area contributed by atoms with Crippen molar-refractivity contribution in [2.45, 2.75) is 39.5 Å². The smallest absolute Gasteiger partial charge is 0.203 e. The van der Waals surface area contributed by atoms with Crippen LogP contribution in [0.15, 0.2) is 18.2 Å². The lowest BCUT2D eigenvalue weighted by molar-refractivity contribution is 0.0961. The van der Waals surface area contributed by atoms with E-state index in [-0.39, 0.29) is 12.4 Å². The molecule has 0 aliphatic carbocycles. The number of fused-ring (bicyclic) bond motifs is 1. The first-order chi connectivity index (χ1) is 9.24. The monoisotopic (exact) mass is 262 g/mol. The molecule has 0 aromatic heterocycles. The summed E-state index contributed by atoms with van der Waals surface area (Å²) in [5.74, 6) is 2.11. The van der Waals surface area contributed by atoms with Crippen LogP contribution in [-0.2, 0) is 0 Å². The summed E-state index contributed by atoms with van der Waals surface area (Å²) in [6, 6.07) is 5.48. The van der Waals surface area contributed by atoms with Crippen molar-refractivity contribution >= 4 is 5.78 Å². The first-order valence-electron chi connectivity index (χ1n) is 7.17. The number of carbonyl (C=O) groups is 1. The maximum atomic E-state index is 11.4. The van der Waals surface area contributed by atoms with Gasteiger partial charge in [0.15, 0.2) is 6.61 Å². The fourth-order valence-electron chi connectivity index (χ4n) is 2.28. The van der Waals surface area contributed by atoms with Crippen LogP contribution in [0.5, 0.6) is 11.5 Å². The van der Waals surface area contributed by atoms with E-state index in [1.165, 1.54) is 19.3 Å². The molecule has 0 fully saturated rings. The van der Waals surface area contributed by atoms with Crippen molar-refractivity contribution in [1.29, 1.82) is 0 Å². The predicted molar refractivity (Wildman–Crippen MR) is 75.1 cm³/mol. The zero-order valence-corrected chi connectivity index (χ0v) is 11.8. The number of hydrogen-bond acceptors (Lipinski definition) is 3. The molecule has 0 N–H and O–H groups in total. The van der Waals surface area contributed by atoms with Crippen LogP contribution in [0, 0.1) is 5.92 Å². The van der Waals surface area contributed by atoms with Crippen molar-refractivity contribution in [3.63, 3.8) is 0 Å². The molecule has 0 saturated carbocycles. The van der Waals surface area contributed by atoms with Crippen LogP contribution in [0.3, 0.4) is 0 Å². The van der Waals surface area contributed by atoms with Gasteiger partial charge in [0.25, 0.3) is 0 Å². The van der Waals surface area contributed by atoms with Crippen LogP contribution < -0.4 is 9.47 Å². The fraction of sp³-hybridized carbons (Fsp3) is 0.562. The summed E-state index contributed by atoms with van der Waals surface area (Å²) < 4.78 is 11.1. The highest BCUT2D eigenvalue weighted by Crippen LogP contribution is 2.29. The lowest BCUT2D eigenvalue weighted by Crippen LogP contribution is -2.11. The van der Waals surface area contributed by atoms with Crippen LogP contribution >= 0.6 is 0 Å². The number of unbranched alkanes of at least 4 members (excludes halogenated alkanes) is 1. The Morgan fingerprint density at radius 2 is 2.21 bits per heavy atom. The van der Waals surface area contributed by atoms with Crippen molar-refractivity contribution in [3.8, 4) is 11.5 Å². The Labute approximate surface area is 114 Å². The highest BCUT2D eigenvalue weighted by atomic mass is 16.5. The molecule has 0 amide bonds. The van der Waals surface area contributed by atoms with Crippen molar-refractivity contribution in [2.24, 2.45) is 5.92 Å². The molecule has 1 aliphatic heterocycles. The molecule has 0 saturated heterocycles. The molecule has 1 aliphatic rings. The minimum absolute atomic E-state index is 0.0518. The molecule has 1 heterocycles. The third-order valence-electron chi connectivity index (χ3n) is 3.64. The summed E-state index contributed by atoms with van der Waals surface area (Å²) in [4.78, 5) is 11.4. The van der Waals surface area contributed by atoms with E-state index in [2.05, 4.69) is 13.8 Å². The summed E-state index contributed by atoms with van der Waals surface area (Å²) in [7, 11) is 0. The lowest BCUT2D eigenvalue weighted by Gasteiger charge is -2.15. The van der Waals surface area contributed by atoms with E-state index in [4.69, 9.17) is 9.47 Å². The van der Waals surface area contributed by atoms with Gasteiger partial charge in [-0.15, -0.1) is 0 Å². The van der Waals surface area contributed by atoms with Crippen LogP contribution in [-0.4, -0.2) is 19.0 Å². The number of Topliss-reactive ketones (excluding diaryl/α,β-unsaturated/α-hetero) is 1. The van der Waals surface area contributed by atoms with Crippen LogP contribution in [0.1, 0.15) is 49.9 Å². The van der Waals surface area contributed by atoms with Gasteiger partial charge >= 0.3 is 0 Å². The van der Waals surface area contributed by atoms with Crippen LogP contribution in [0.2, 0.25) is 0 Å². The van der Waals surface area contributed by atoms with E-state index in [0.29, 0.717) is 17.2 Å². The number of benzene rings is 1. The molecule has 0 spiro atoms. The van der Waals surface area contributed by atoms with Crippen LogP contribution in [0.25, 0.3) is 0 Å². The van der Waals surface area contributed by atoms with E-state index < -0.39 is 0 Å². The zero-order valence-electron chi connectivity index (χ0n) is 11.8. The molecule has 0 radical (unpaired) electrons. The highest BCUT2D eigenvalue weighted by Gasteiger charge is 2.21. The largest absolute Gasteiger partial charge is 0.493 e. The number of hydrogen-bond donors (Lipinski definition) is 0. The highest BCUT2D eigenvalue weighted by molar-refractivity contribution is 6.02. The minimum Gasteiger partial charge on any atom is -0.493 e. The van der Waals surface area contributed by atoms with Gasteiger partial charge in [-0.05, 0) is 24.5 Å². The molecule has 1 aromatic rings. The molecule has 104 valence electrons. The van der Waals surface area contributed by atoms with Gasteiger partial charge in [0.05, 0.1) is 12.2 Å². The molecule has 3 heteroatoms. The Morgan fingerprint density at radius 3 is 2.95 bits per heavy atom. The Kier molecular flexibility index (Phi) is 4.83. The van der Waals surface area contributed by atoms with Gasteiger partial charge in [0.1, 0.15) is 11.5 Å². The van der Waals surface area contributed by atoms with Crippen molar-refractivity contribution in [3.05, 3.63) is 23.8 Å². The topological polar surface area (TPSA) is 35.5 Å². The first-order valence-corrected chi connectivity index (χ1v) is 7.17. The van der Waals surface area contributed by atoms with Crippen molar-refractivity contribution < 1.29 is 14.3 Å². The average molecular weight is 262 g/mol. The van der Waals surface area contributed by atoms with Gasteiger partial charge in [0.2, 0.25) is 5.78 Å². The first kappa shape index (κ1) is 13.9. The molecule has 2 rings (SSSR count). The normalized spacial score (nSPS) is 14.9. The number of carbonyl (C=O) groups excluding carboxylic acids is 1. The second kappa shape index (κ2) is 6.60. The zero-order chi connectivity index (χ0) is 13.7. The predicted octanol–water partition coefficient (Wildman–Crippen LogP) is 3.86. The van der Waals surface area contributed by atoms with Crippen molar-refractivity contribution in [1.82, 2.24) is 0 Å². The Balaban J connectivity index is 1.91. The third-order valence-corrected chi connectivity index (χ3v) is 3.64. The van der Waals surface area contributed by atoms with E-state index in [0.717, 1.165) is 18.8 Å². The molecular formula is C16H22O3. The van der Waals surface area contributed by atoms with Crippen LogP contribution in [0.4, 0.5) is 0 Å². The fourth-order valence-corrected chi connectivity index (χ4v) is 2.28. The second-order valence-corrected chi connectivity index (χ2v) is 5.10. The Hall–Kier alpha value is -1.51. The van der Waals surface area contributed by atoms with E-state index in [1.54, 1.807) is 6.07 Å². The Morgan fingerprint density at radius 1 is 1.37 bits per heavy atom. The van der Waals surface area contributed by atoms with Gasteiger partial charge < -0.3 is 9.47 Å².